The molecule has 1 rings (SSSR count). The van der Waals surface area contributed by atoms with E-state index in [4.69, 9.17) is 5.11 Å². The number of alkyl halides is 3. The van der Waals surface area contributed by atoms with E-state index in [9.17, 15) is 18.0 Å². The van der Waals surface area contributed by atoms with Crippen LogP contribution >= 0.6 is 0 Å². The van der Waals surface area contributed by atoms with E-state index in [0.29, 0.717) is 5.70 Å². The molecule has 0 fully saturated rings. The quantitative estimate of drug-likeness (QED) is 0.818. The molecule has 0 aliphatic rings. The van der Waals surface area contributed by atoms with Crippen LogP contribution in [0.25, 0.3) is 0 Å². The lowest BCUT2D eigenvalue weighted by atomic mass is 10.1. The number of nitrogens with one attached hydrogen (secondary N) is 1. The van der Waals surface area contributed by atoms with E-state index in [1.807, 2.05) is 0 Å². The predicted molar refractivity (Wildman–Crippen MR) is 65.7 cm³/mol. The van der Waals surface area contributed by atoms with Crippen LogP contribution in [0.4, 0.5) is 18.9 Å². The van der Waals surface area contributed by atoms with Crippen molar-refractivity contribution in [2.24, 2.45) is 0 Å². The molecule has 0 heterocycles. The van der Waals surface area contributed by atoms with Crippen molar-refractivity contribution in [3.05, 3.63) is 41.1 Å². The van der Waals surface area contributed by atoms with E-state index in [1.165, 1.54) is 19.1 Å². The number of halogens is 3. The Kier molecular flexibility index (Phi) is 4.58. The first-order valence-corrected chi connectivity index (χ1v) is 5.63. The van der Waals surface area contributed by atoms with Crippen LogP contribution in [0.15, 0.2) is 35.5 Å². The number of hydrogen-bond acceptors (Lipinski definition) is 2. The monoisotopic (exact) mass is 273 g/mol. The molecule has 104 valence electrons. The standard InChI is InChI=1S/C13H14F3NO2/c1-3-11(12(18)19)8(2)17-10-6-4-5-9(7-10)13(14,15)16/h4-7,17H,3H2,1-2H3,(H,18,19)/b11-8-. The largest absolute Gasteiger partial charge is 0.478 e. The highest BCUT2D eigenvalue weighted by Gasteiger charge is 2.30. The zero-order valence-corrected chi connectivity index (χ0v) is 10.5. The Bertz CT molecular complexity index is 507. The fourth-order valence-electron chi connectivity index (χ4n) is 1.64. The SMILES string of the molecule is CC/C(C(=O)O)=C(\C)Nc1cccc(C(F)(F)F)c1. The molecule has 0 bridgehead atoms. The maximum atomic E-state index is 12.5. The van der Waals surface area contributed by atoms with Crippen molar-refractivity contribution in [2.75, 3.05) is 5.32 Å². The Morgan fingerprint density at radius 1 is 1.37 bits per heavy atom. The van der Waals surface area contributed by atoms with Crippen molar-refractivity contribution >= 4 is 11.7 Å². The van der Waals surface area contributed by atoms with Crippen LogP contribution < -0.4 is 5.32 Å². The summed E-state index contributed by atoms with van der Waals surface area (Å²) in [6, 6.07) is 4.62. The van der Waals surface area contributed by atoms with Crippen molar-refractivity contribution in [3.63, 3.8) is 0 Å². The number of allylic oxidation sites excluding steroid dienone is 1. The molecular weight excluding hydrogens is 259 g/mol. The van der Waals surface area contributed by atoms with E-state index < -0.39 is 17.7 Å². The fraction of sp³-hybridized carbons (Fsp3) is 0.308. The second-order valence-electron chi connectivity index (χ2n) is 3.97. The van der Waals surface area contributed by atoms with Crippen molar-refractivity contribution in [1.82, 2.24) is 0 Å². The minimum absolute atomic E-state index is 0.136. The highest BCUT2D eigenvalue weighted by molar-refractivity contribution is 5.88. The van der Waals surface area contributed by atoms with Gasteiger partial charge in [-0.25, -0.2) is 4.79 Å². The molecule has 0 unspecified atom stereocenters. The van der Waals surface area contributed by atoms with E-state index in [-0.39, 0.29) is 17.7 Å². The van der Waals surface area contributed by atoms with E-state index in [2.05, 4.69) is 5.32 Å². The van der Waals surface area contributed by atoms with Gasteiger partial charge in [0.15, 0.2) is 0 Å². The Balaban J connectivity index is 3.04. The molecule has 0 saturated heterocycles. The number of carboxylic acid groups (broad SMARTS) is 1. The van der Waals surface area contributed by atoms with Crippen molar-refractivity contribution in [3.8, 4) is 0 Å². The first kappa shape index (κ1) is 15.1. The summed E-state index contributed by atoms with van der Waals surface area (Å²) in [4.78, 5) is 10.9. The maximum absolute atomic E-state index is 12.5. The second-order valence-corrected chi connectivity index (χ2v) is 3.97. The molecule has 1 aromatic rings. The van der Waals surface area contributed by atoms with Gasteiger partial charge in [-0.05, 0) is 31.5 Å². The summed E-state index contributed by atoms with van der Waals surface area (Å²) >= 11 is 0. The normalized spacial score (nSPS) is 12.9. The number of rotatable bonds is 4. The molecule has 0 atom stereocenters. The third-order valence-electron chi connectivity index (χ3n) is 2.59. The molecule has 0 amide bonds. The van der Waals surface area contributed by atoms with Crippen LogP contribution in [0, 0.1) is 0 Å². The second kappa shape index (κ2) is 5.77. The molecule has 0 radical (unpaired) electrons. The lowest BCUT2D eigenvalue weighted by molar-refractivity contribution is -0.137. The van der Waals surface area contributed by atoms with Crippen molar-refractivity contribution in [1.29, 1.82) is 0 Å². The summed E-state index contributed by atoms with van der Waals surface area (Å²) in [5.74, 6) is -1.08. The summed E-state index contributed by atoms with van der Waals surface area (Å²) in [6.07, 6.45) is -4.14. The van der Waals surface area contributed by atoms with Gasteiger partial charge in [0.25, 0.3) is 0 Å². The van der Waals surface area contributed by atoms with E-state index in [0.717, 1.165) is 12.1 Å². The maximum Gasteiger partial charge on any atom is 0.416 e. The van der Waals surface area contributed by atoms with Crippen LogP contribution in [0.3, 0.4) is 0 Å². The highest BCUT2D eigenvalue weighted by Crippen LogP contribution is 2.31. The zero-order valence-electron chi connectivity index (χ0n) is 10.5. The number of aliphatic carboxylic acids is 1. The van der Waals surface area contributed by atoms with Gasteiger partial charge in [-0.1, -0.05) is 13.0 Å². The molecule has 0 saturated carbocycles. The van der Waals surface area contributed by atoms with Crippen LogP contribution in [0.2, 0.25) is 0 Å². The minimum Gasteiger partial charge on any atom is -0.478 e. The van der Waals surface area contributed by atoms with Gasteiger partial charge in [0, 0.05) is 11.4 Å². The molecule has 0 aliphatic heterocycles. The van der Waals surface area contributed by atoms with Gasteiger partial charge in [0.2, 0.25) is 0 Å². The molecule has 6 heteroatoms. The Morgan fingerprint density at radius 2 is 2.00 bits per heavy atom. The number of carbonyl (C=O) groups is 1. The molecule has 0 spiro atoms. The molecule has 2 N–H and O–H groups in total. The summed E-state index contributed by atoms with van der Waals surface area (Å²) in [5, 5.41) is 11.6. The predicted octanol–water partition coefficient (Wildman–Crippen LogP) is 3.89. The molecule has 0 aromatic heterocycles. The molecule has 3 nitrogen and oxygen atoms in total. The van der Waals surface area contributed by atoms with Crippen molar-refractivity contribution in [2.45, 2.75) is 26.4 Å². The van der Waals surface area contributed by atoms with Gasteiger partial charge in [0.1, 0.15) is 0 Å². The fourth-order valence-corrected chi connectivity index (χ4v) is 1.64. The highest BCUT2D eigenvalue weighted by atomic mass is 19.4. The van der Waals surface area contributed by atoms with Gasteiger partial charge in [-0.2, -0.15) is 13.2 Å². The Morgan fingerprint density at radius 3 is 2.47 bits per heavy atom. The molecule has 0 aliphatic carbocycles. The van der Waals surface area contributed by atoms with Gasteiger partial charge < -0.3 is 10.4 Å². The number of carboxylic acids is 1. The lowest BCUT2D eigenvalue weighted by Gasteiger charge is -2.12. The minimum atomic E-state index is -4.42. The van der Waals surface area contributed by atoms with Crippen molar-refractivity contribution < 1.29 is 23.1 Å². The topological polar surface area (TPSA) is 49.3 Å². The van der Waals surface area contributed by atoms with Crippen LogP contribution in [-0.4, -0.2) is 11.1 Å². The zero-order chi connectivity index (χ0) is 14.6. The third-order valence-corrected chi connectivity index (χ3v) is 2.59. The number of anilines is 1. The number of hydrogen-bond donors (Lipinski definition) is 2. The first-order valence-electron chi connectivity index (χ1n) is 5.63. The van der Waals surface area contributed by atoms with E-state index in [1.54, 1.807) is 6.92 Å². The van der Waals surface area contributed by atoms with E-state index >= 15 is 0 Å². The Labute approximate surface area is 108 Å². The summed E-state index contributed by atoms with van der Waals surface area (Å²) in [6.45, 7) is 3.19. The smallest absolute Gasteiger partial charge is 0.416 e. The average molecular weight is 273 g/mol. The van der Waals surface area contributed by atoms with Crippen LogP contribution in [-0.2, 0) is 11.0 Å². The van der Waals surface area contributed by atoms with Gasteiger partial charge >= 0.3 is 12.1 Å². The first-order chi connectivity index (χ1) is 8.75. The molecular formula is C13H14F3NO2. The summed E-state index contributed by atoms with van der Waals surface area (Å²) < 4.78 is 37.6. The summed E-state index contributed by atoms with van der Waals surface area (Å²) in [7, 11) is 0. The lowest BCUT2D eigenvalue weighted by Crippen LogP contribution is -2.09. The summed E-state index contributed by atoms with van der Waals surface area (Å²) in [5.41, 5.74) is -0.107. The number of benzene rings is 1. The molecule has 1 aromatic carbocycles. The van der Waals surface area contributed by atoms with Crippen LogP contribution in [0.5, 0.6) is 0 Å². The van der Waals surface area contributed by atoms with Gasteiger partial charge in [-0.15, -0.1) is 0 Å². The molecule has 19 heavy (non-hydrogen) atoms. The Hall–Kier alpha value is -1.98. The third kappa shape index (κ3) is 4.01. The van der Waals surface area contributed by atoms with Gasteiger partial charge in [0.05, 0.1) is 11.1 Å². The van der Waals surface area contributed by atoms with Crippen LogP contribution in [0.1, 0.15) is 25.8 Å². The average Bonchev–Trinajstić information content (AvgIpc) is 2.28. The van der Waals surface area contributed by atoms with Gasteiger partial charge in [-0.3, -0.25) is 0 Å².